The van der Waals surface area contributed by atoms with E-state index in [9.17, 15) is 9.59 Å². The Morgan fingerprint density at radius 3 is 2.50 bits per heavy atom. The average Bonchev–Trinajstić information content (AvgIpc) is 2.68. The number of likely N-dealkylation sites (tertiary alicyclic amines) is 1. The first-order valence-corrected chi connectivity index (χ1v) is 10.0. The van der Waals surface area contributed by atoms with Crippen LogP contribution in [0.4, 0.5) is 5.69 Å². The molecule has 0 bridgehead atoms. The van der Waals surface area contributed by atoms with E-state index in [0.717, 1.165) is 49.6 Å². The first kappa shape index (κ1) is 19.0. The summed E-state index contributed by atoms with van der Waals surface area (Å²) in [5.74, 6) is 0.350. The number of benzene rings is 1. The van der Waals surface area contributed by atoms with Crippen LogP contribution in [0.15, 0.2) is 24.3 Å². The molecule has 1 aromatic carbocycles. The third-order valence-corrected chi connectivity index (χ3v) is 5.69. The van der Waals surface area contributed by atoms with Gasteiger partial charge in [-0.1, -0.05) is 30.7 Å². The maximum atomic E-state index is 12.9. The Hall–Kier alpha value is -1.75. The second-order valence-corrected chi connectivity index (χ2v) is 7.60. The van der Waals surface area contributed by atoms with Crippen LogP contribution in [0.1, 0.15) is 32.6 Å². The minimum absolute atomic E-state index is 0.0450. The SMILES string of the molecule is CCCC(=O)N1CCCC(C(=O)N2CCN(c3ccccc3Cl)CC2)C1. The standard InChI is InChI=1S/C20H28ClN3O2/c1-2-6-19(25)24-10-5-7-16(15-24)20(26)23-13-11-22(12-14-23)18-9-4-3-8-17(18)21/h3-4,8-9,16H,2,5-7,10-15H2,1H3. The Labute approximate surface area is 160 Å². The van der Waals surface area contributed by atoms with Crippen LogP contribution in [-0.2, 0) is 9.59 Å². The fourth-order valence-electron chi connectivity index (χ4n) is 3.91. The van der Waals surface area contributed by atoms with E-state index in [0.29, 0.717) is 26.1 Å². The van der Waals surface area contributed by atoms with Crippen molar-refractivity contribution in [3.05, 3.63) is 29.3 Å². The highest BCUT2D eigenvalue weighted by atomic mass is 35.5. The lowest BCUT2D eigenvalue weighted by Crippen LogP contribution is -2.53. The molecule has 2 amide bonds. The van der Waals surface area contributed by atoms with Crippen LogP contribution < -0.4 is 4.90 Å². The summed E-state index contributed by atoms with van der Waals surface area (Å²) in [6, 6.07) is 7.85. The summed E-state index contributed by atoms with van der Waals surface area (Å²) in [5.41, 5.74) is 1.04. The third kappa shape index (κ3) is 4.32. The number of rotatable bonds is 4. The van der Waals surface area contributed by atoms with E-state index in [1.165, 1.54) is 0 Å². The van der Waals surface area contributed by atoms with Gasteiger partial charge in [0.1, 0.15) is 0 Å². The average molecular weight is 378 g/mol. The zero-order chi connectivity index (χ0) is 18.5. The zero-order valence-corrected chi connectivity index (χ0v) is 16.2. The molecule has 2 fully saturated rings. The smallest absolute Gasteiger partial charge is 0.227 e. The van der Waals surface area contributed by atoms with E-state index >= 15 is 0 Å². The van der Waals surface area contributed by atoms with Gasteiger partial charge in [-0.25, -0.2) is 0 Å². The molecule has 0 spiro atoms. The van der Waals surface area contributed by atoms with E-state index in [-0.39, 0.29) is 17.7 Å². The Balaban J connectivity index is 1.55. The van der Waals surface area contributed by atoms with E-state index < -0.39 is 0 Å². The number of piperidine rings is 1. The van der Waals surface area contributed by atoms with Crippen LogP contribution in [-0.4, -0.2) is 60.9 Å². The summed E-state index contributed by atoms with van der Waals surface area (Å²) in [5, 5.41) is 0.754. The highest BCUT2D eigenvalue weighted by Crippen LogP contribution is 2.27. The minimum atomic E-state index is -0.0450. The van der Waals surface area contributed by atoms with Crippen molar-refractivity contribution in [1.29, 1.82) is 0 Å². The normalized spacial score (nSPS) is 21.0. The number of piperazine rings is 1. The maximum absolute atomic E-state index is 12.9. The highest BCUT2D eigenvalue weighted by molar-refractivity contribution is 6.33. The van der Waals surface area contributed by atoms with Crippen LogP contribution in [0.3, 0.4) is 0 Å². The van der Waals surface area contributed by atoms with Crippen LogP contribution in [0.5, 0.6) is 0 Å². The highest BCUT2D eigenvalue weighted by Gasteiger charge is 2.32. The number of nitrogens with zero attached hydrogens (tertiary/aromatic N) is 3. The minimum Gasteiger partial charge on any atom is -0.367 e. The van der Waals surface area contributed by atoms with Crippen LogP contribution in [0.25, 0.3) is 0 Å². The molecule has 1 atom stereocenters. The number of hydrogen-bond acceptors (Lipinski definition) is 3. The third-order valence-electron chi connectivity index (χ3n) is 5.37. The Kier molecular flexibility index (Phi) is 6.41. The molecule has 1 aromatic rings. The van der Waals surface area contributed by atoms with Gasteiger partial charge in [-0.2, -0.15) is 0 Å². The van der Waals surface area contributed by atoms with Crippen LogP contribution in [0, 0.1) is 5.92 Å². The van der Waals surface area contributed by atoms with Gasteiger partial charge < -0.3 is 14.7 Å². The summed E-state index contributed by atoms with van der Waals surface area (Å²) < 4.78 is 0. The fraction of sp³-hybridized carbons (Fsp3) is 0.600. The van der Waals surface area contributed by atoms with Gasteiger partial charge in [-0.05, 0) is 31.4 Å². The van der Waals surface area contributed by atoms with E-state index in [4.69, 9.17) is 11.6 Å². The first-order valence-electron chi connectivity index (χ1n) is 9.66. The van der Waals surface area contributed by atoms with Gasteiger partial charge in [0.2, 0.25) is 11.8 Å². The molecule has 0 aromatic heterocycles. The summed E-state index contributed by atoms with van der Waals surface area (Å²) in [6.45, 7) is 6.41. The number of amides is 2. The van der Waals surface area contributed by atoms with Gasteiger partial charge in [-0.15, -0.1) is 0 Å². The number of halogens is 1. The molecule has 1 unspecified atom stereocenters. The van der Waals surface area contributed by atoms with Crippen molar-refractivity contribution in [2.75, 3.05) is 44.2 Å². The van der Waals surface area contributed by atoms with Gasteiger partial charge in [0.15, 0.2) is 0 Å². The fourth-order valence-corrected chi connectivity index (χ4v) is 4.17. The van der Waals surface area contributed by atoms with Gasteiger partial charge >= 0.3 is 0 Å². The molecule has 0 aliphatic carbocycles. The van der Waals surface area contributed by atoms with Crippen molar-refractivity contribution in [3.8, 4) is 0 Å². The summed E-state index contributed by atoms with van der Waals surface area (Å²) in [6.07, 6.45) is 3.25. The number of anilines is 1. The summed E-state index contributed by atoms with van der Waals surface area (Å²) >= 11 is 6.29. The predicted molar refractivity (Wildman–Crippen MR) is 104 cm³/mol. The summed E-state index contributed by atoms with van der Waals surface area (Å²) in [4.78, 5) is 31.2. The summed E-state index contributed by atoms with van der Waals surface area (Å²) in [7, 11) is 0. The number of carbonyl (C=O) groups excluding carboxylic acids is 2. The second-order valence-electron chi connectivity index (χ2n) is 7.19. The van der Waals surface area contributed by atoms with Crippen molar-refractivity contribution in [2.45, 2.75) is 32.6 Å². The molecule has 0 N–H and O–H groups in total. The maximum Gasteiger partial charge on any atom is 0.227 e. The van der Waals surface area contributed by atoms with Crippen molar-refractivity contribution in [3.63, 3.8) is 0 Å². The molecule has 2 aliphatic rings. The predicted octanol–water partition coefficient (Wildman–Crippen LogP) is 3.03. The van der Waals surface area contributed by atoms with Crippen molar-refractivity contribution in [1.82, 2.24) is 9.80 Å². The molecule has 5 nitrogen and oxygen atoms in total. The van der Waals surface area contributed by atoms with E-state index in [1.807, 2.05) is 41.0 Å². The lowest BCUT2D eigenvalue weighted by molar-refractivity contribution is -0.141. The topological polar surface area (TPSA) is 43.9 Å². The zero-order valence-electron chi connectivity index (χ0n) is 15.5. The van der Waals surface area contributed by atoms with Crippen molar-refractivity contribution in [2.24, 2.45) is 5.92 Å². The van der Waals surface area contributed by atoms with Crippen molar-refractivity contribution < 1.29 is 9.59 Å². The first-order chi connectivity index (χ1) is 12.6. The van der Waals surface area contributed by atoms with Gasteiger partial charge in [0.05, 0.1) is 16.6 Å². The molecule has 2 aliphatic heterocycles. The van der Waals surface area contributed by atoms with Crippen molar-refractivity contribution >= 4 is 29.1 Å². The quantitative estimate of drug-likeness (QED) is 0.810. The number of para-hydroxylation sites is 1. The number of carbonyl (C=O) groups is 2. The van der Waals surface area contributed by atoms with E-state index in [2.05, 4.69) is 4.90 Å². The van der Waals surface area contributed by atoms with Gasteiger partial charge in [0, 0.05) is 45.7 Å². The Bertz CT molecular complexity index is 644. The lowest BCUT2D eigenvalue weighted by atomic mass is 9.95. The second kappa shape index (κ2) is 8.76. The molecule has 26 heavy (non-hydrogen) atoms. The van der Waals surface area contributed by atoms with Gasteiger partial charge in [-0.3, -0.25) is 9.59 Å². The van der Waals surface area contributed by atoms with Gasteiger partial charge in [0.25, 0.3) is 0 Å². The molecule has 0 saturated carbocycles. The molecule has 2 saturated heterocycles. The van der Waals surface area contributed by atoms with Crippen LogP contribution >= 0.6 is 11.6 Å². The van der Waals surface area contributed by atoms with Crippen LogP contribution in [0.2, 0.25) is 5.02 Å². The Morgan fingerprint density at radius 2 is 1.81 bits per heavy atom. The number of hydrogen-bond donors (Lipinski definition) is 0. The molecule has 0 radical (unpaired) electrons. The Morgan fingerprint density at radius 1 is 1.08 bits per heavy atom. The molecule has 2 heterocycles. The molecule has 6 heteroatoms. The largest absolute Gasteiger partial charge is 0.367 e. The lowest BCUT2D eigenvalue weighted by Gasteiger charge is -2.40. The molecule has 3 rings (SSSR count). The van der Waals surface area contributed by atoms with E-state index in [1.54, 1.807) is 0 Å². The molecule has 142 valence electrons. The monoisotopic (exact) mass is 377 g/mol. The molecular formula is C20H28ClN3O2. The molecular weight excluding hydrogens is 350 g/mol.